The molecule has 0 aromatic heterocycles. The van der Waals surface area contributed by atoms with Crippen molar-refractivity contribution >= 4 is 17.6 Å². The van der Waals surface area contributed by atoms with E-state index in [0.29, 0.717) is 30.4 Å². The second-order valence-corrected chi connectivity index (χ2v) is 4.30. The van der Waals surface area contributed by atoms with Crippen LogP contribution in [0.15, 0.2) is 24.3 Å². The third-order valence-electron chi connectivity index (χ3n) is 2.25. The topological polar surface area (TPSA) is 96.6 Å². The Balaban J connectivity index is 2.13. The van der Waals surface area contributed by atoms with Crippen LogP contribution in [0.4, 0.5) is 4.79 Å². The third-order valence-corrected chi connectivity index (χ3v) is 2.56. The lowest BCUT2D eigenvalue weighted by molar-refractivity contribution is 0.107. The van der Waals surface area contributed by atoms with E-state index in [9.17, 15) is 9.90 Å². The van der Waals surface area contributed by atoms with Gasteiger partial charge in [-0.1, -0.05) is 23.7 Å². The van der Waals surface area contributed by atoms with Gasteiger partial charge < -0.3 is 26.2 Å². The van der Waals surface area contributed by atoms with Gasteiger partial charge in [0.25, 0.3) is 0 Å². The number of aliphatic hydroxyl groups excluding tert-OH is 1. The van der Waals surface area contributed by atoms with Gasteiger partial charge in [-0.2, -0.15) is 0 Å². The number of para-hydroxylation sites is 1. The predicted octanol–water partition coefficient (Wildman–Crippen LogP) is 0.338. The van der Waals surface area contributed by atoms with Crippen LogP contribution in [0.1, 0.15) is 0 Å². The number of benzene rings is 1. The fourth-order valence-electron chi connectivity index (χ4n) is 1.35. The lowest BCUT2D eigenvalue weighted by Crippen LogP contribution is -2.38. The molecule has 0 radical (unpaired) electrons. The van der Waals surface area contributed by atoms with Crippen molar-refractivity contribution in [2.45, 2.75) is 6.10 Å². The van der Waals surface area contributed by atoms with Gasteiger partial charge in [0.15, 0.2) is 0 Å². The number of primary amides is 1. The number of hydrogen-bond acceptors (Lipinski definition) is 4. The maximum atomic E-state index is 10.4. The number of rotatable bonds is 8. The molecule has 0 spiro atoms. The van der Waals surface area contributed by atoms with Crippen molar-refractivity contribution in [3.05, 3.63) is 29.3 Å². The van der Waals surface area contributed by atoms with Crippen LogP contribution in [-0.4, -0.2) is 43.5 Å². The Hall–Kier alpha value is -1.50. The molecule has 0 fully saturated rings. The second-order valence-electron chi connectivity index (χ2n) is 3.89. The van der Waals surface area contributed by atoms with Gasteiger partial charge >= 0.3 is 6.03 Å². The third kappa shape index (κ3) is 6.85. The van der Waals surface area contributed by atoms with E-state index in [0.717, 1.165) is 0 Å². The highest BCUT2D eigenvalue weighted by Gasteiger charge is 2.06. The molecule has 1 aromatic carbocycles. The number of amides is 2. The molecule has 106 valence electrons. The maximum Gasteiger partial charge on any atom is 0.312 e. The van der Waals surface area contributed by atoms with Gasteiger partial charge in [0.2, 0.25) is 0 Å². The number of aliphatic hydroxyl groups is 1. The molecule has 1 aromatic rings. The lowest BCUT2D eigenvalue weighted by atomic mass is 10.3. The average Bonchev–Trinajstić information content (AvgIpc) is 2.37. The predicted molar refractivity (Wildman–Crippen MR) is 73.4 cm³/mol. The van der Waals surface area contributed by atoms with Crippen molar-refractivity contribution < 1.29 is 14.6 Å². The van der Waals surface area contributed by atoms with E-state index in [1.54, 1.807) is 24.3 Å². The number of hydrogen-bond donors (Lipinski definition) is 4. The highest BCUT2D eigenvalue weighted by atomic mass is 35.5. The van der Waals surface area contributed by atoms with E-state index in [4.69, 9.17) is 22.1 Å². The summed E-state index contributed by atoms with van der Waals surface area (Å²) in [7, 11) is 0. The molecule has 1 atom stereocenters. The van der Waals surface area contributed by atoms with Crippen LogP contribution in [0.3, 0.4) is 0 Å². The van der Waals surface area contributed by atoms with Gasteiger partial charge in [0.1, 0.15) is 18.5 Å². The van der Waals surface area contributed by atoms with Crippen molar-refractivity contribution in [2.24, 2.45) is 5.73 Å². The minimum Gasteiger partial charge on any atom is -0.489 e. The molecule has 1 rings (SSSR count). The Morgan fingerprint density at radius 1 is 1.42 bits per heavy atom. The molecule has 0 aliphatic heterocycles. The number of halogens is 1. The fourth-order valence-corrected chi connectivity index (χ4v) is 1.54. The highest BCUT2D eigenvalue weighted by molar-refractivity contribution is 6.32. The summed E-state index contributed by atoms with van der Waals surface area (Å²) >= 11 is 5.91. The zero-order valence-corrected chi connectivity index (χ0v) is 11.2. The largest absolute Gasteiger partial charge is 0.489 e. The Morgan fingerprint density at radius 3 is 2.84 bits per heavy atom. The van der Waals surface area contributed by atoms with Gasteiger partial charge in [-0.25, -0.2) is 4.79 Å². The summed E-state index contributed by atoms with van der Waals surface area (Å²) < 4.78 is 5.38. The number of carbonyl (C=O) groups is 1. The Bertz CT molecular complexity index is 404. The first-order chi connectivity index (χ1) is 9.09. The summed E-state index contributed by atoms with van der Waals surface area (Å²) in [5.74, 6) is 0.540. The summed E-state index contributed by atoms with van der Waals surface area (Å²) in [6, 6.07) is 6.50. The quantitative estimate of drug-likeness (QED) is 0.518. The fraction of sp³-hybridized carbons (Fsp3) is 0.417. The van der Waals surface area contributed by atoms with Crippen molar-refractivity contribution in [1.82, 2.24) is 10.6 Å². The molecular weight excluding hydrogens is 270 g/mol. The smallest absolute Gasteiger partial charge is 0.312 e. The molecule has 2 amide bonds. The Labute approximate surface area is 116 Å². The molecule has 19 heavy (non-hydrogen) atoms. The molecule has 0 saturated carbocycles. The monoisotopic (exact) mass is 287 g/mol. The van der Waals surface area contributed by atoms with Crippen LogP contribution in [0, 0.1) is 0 Å². The van der Waals surface area contributed by atoms with E-state index in [2.05, 4.69) is 10.6 Å². The van der Waals surface area contributed by atoms with Crippen molar-refractivity contribution in [3.8, 4) is 5.75 Å². The summed E-state index contributed by atoms with van der Waals surface area (Å²) in [6.45, 7) is 1.42. The van der Waals surface area contributed by atoms with Crippen LogP contribution >= 0.6 is 11.6 Å². The average molecular weight is 288 g/mol. The van der Waals surface area contributed by atoms with Gasteiger partial charge in [0.05, 0.1) is 5.02 Å². The molecule has 6 nitrogen and oxygen atoms in total. The highest BCUT2D eigenvalue weighted by Crippen LogP contribution is 2.22. The Kier molecular flexibility index (Phi) is 7.02. The van der Waals surface area contributed by atoms with E-state index in [1.165, 1.54) is 0 Å². The van der Waals surface area contributed by atoms with Crippen LogP contribution in [0.2, 0.25) is 5.02 Å². The minimum absolute atomic E-state index is 0.139. The normalized spacial score (nSPS) is 11.9. The van der Waals surface area contributed by atoms with Crippen LogP contribution in [0.25, 0.3) is 0 Å². The summed E-state index contributed by atoms with van der Waals surface area (Å²) in [4.78, 5) is 10.4. The van der Waals surface area contributed by atoms with E-state index >= 15 is 0 Å². The van der Waals surface area contributed by atoms with Gasteiger partial charge in [-0.05, 0) is 12.1 Å². The molecule has 0 aliphatic carbocycles. The summed E-state index contributed by atoms with van der Waals surface area (Å²) in [6.07, 6.45) is -0.662. The molecule has 1 unspecified atom stereocenters. The first kappa shape index (κ1) is 15.6. The summed E-state index contributed by atoms with van der Waals surface area (Å²) in [5, 5.41) is 15.6. The van der Waals surface area contributed by atoms with E-state index in [1.807, 2.05) is 0 Å². The SMILES string of the molecule is NC(=O)NCCNCC(O)COc1ccccc1Cl. The first-order valence-corrected chi connectivity index (χ1v) is 6.27. The zero-order chi connectivity index (χ0) is 14.1. The molecular formula is C12H18ClN3O3. The lowest BCUT2D eigenvalue weighted by Gasteiger charge is -2.14. The number of ether oxygens (including phenoxy) is 1. The number of nitrogens with one attached hydrogen (secondary N) is 2. The molecule has 5 N–H and O–H groups in total. The van der Waals surface area contributed by atoms with Crippen LogP contribution in [-0.2, 0) is 0 Å². The zero-order valence-electron chi connectivity index (χ0n) is 10.4. The molecule has 0 heterocycles. The maximum absolute atomic E-state index is 10.4. The van der Waals surface area contributed by atoms with Gasteiger partial charge in [-0.15, -0.1) is 0 Å². The van der Waals surface area contributed by atoms with Gasteiger partial charge in [0, 0.05) is 19.6 Å². The van der Waals surface area contributed by atoms with Crippen molar-refractivity contribution in [2.75, 3.05) is 26.2 Å². The van der Waals surface area contributed by atoms with Crippen molar-refractivity contribution in [1.29, 1.82) is 0 Å². The molecule has 0 aliphatic rings. The molecule has 0 bridgehead atoms. The number of nitrogens with two attached hydrogens (primary N) is 1. The van der Waals surface area contributed by atoms with Crippen LogP contribution in [0.5, 0.6) is 5.75 Å². The second kappa shape index (κ2) is 8.58. The van der Waals surface area contributed by atoms with Crippen LogP contribution < -0.4 is 21.1 Å². The molecule has 7 heteroatoms. The first-order valence-electron chi connectivity index (χ1n) is 5.89. The Morgan fingerprint density at radius 2 is 2.16 bits per heavy atom. The molecule has 0 saturated heterocycles. The van der Waals surface area contributed by atoms with Gasteiger partial charge in [-0.3, -0.25) is 0 Å². The summed E-state index contributed by atoms with van der Waals surface area (Å²) in [5.41, 5.74) is 4.90. The van der Waals surface area contributed by atoms with E-state index < -0.39 is 12.1 Å². The number of urea groups is 1. The standard InChI is InChI=1S/C12H18ClN3O3/c13-10-3-1-2-4-11(10)19-8-9(17)7-15-5-6-16-12(14)18/h1-4,9,15,17H,5-8H2,(H3,14,16,18). The minimum atomic E-state index is -0.662. The van der Waals surface area contributed by atoms with Crippen molar-refractivity contribution in [3.63, 3.8) is 0 Å². The number of carbonyl (C=O) groups excluding carboxylic acids is 1. The van der Waals surface area contributed by atoms with E-state index in [-0.39, 0.29) is 6.61 Å².